The minimum absolute atomic E-state index is 0. The highest BCUT2D eigenvalue weighted by molar-refractivity contribution is 7.90. The maximum absolute atomic E-state index is 11.7. The van der Waals surface area contributed by atoms with Crippen molar-refractivity contribution in [1.29, 1.82) is 0 Å². The summed E-state index contributed by atoms with van der Waals surface area (Å²) in [7, 11) is -3.71. The highest BCUT2D eigenvalue weighted by Crippen LogP contribution is 2.09. The quantitative estimate of drug-likeness (QED) is 0.823. The van der Waals surface area contributed by atoms with Crippen LogP contribution >= 0.6 is 12.4 Å². The van der Waals surface area contributed by atoms with E-state index < -0.39 is 15.9 Å². The number of amides is 1. The molecule has 0 radical (unpaired) electrons. The average Bonchev–Trinajstić information content (AvgIpc) is 2.15. The molecule has 1 aromatic rings. The van der Waals surface area contributed by atoms with Crippen molar-refractivity contribution in [3.8, 4) is 0 Å². The monoisotopic (exact) mass is 276 g/mol. The lowest BCUT2D eigenvalue weighted by Gasteiger charge is -2.25. The molecule has 2 rings (SSSR count). The molecule has 1 fully saturated rings. The molecular formula is C10H13ClN2O3S. The maximum atomic E-state index is 11.7. The summed E-state index contributed by atoms with van der Waals surface area (Å²) in [4.78, 5) is 11.6. The van der Waals surface area contributed by atoms with Gasteiger partial charge in [0.1, 0.15) is 0 Å². The summed E-state index contributed by atoms with van der Waals surface area (Å²) >= 11 is 0. The van der Waals surface area contributed by atoms with E-state index in [9.17, 15) is 13.2 Å². The Morgan fingerprint density at radius 2 is 1.82 bits per heavy atom. The molecule has 0 saturated carbocycles. The number of carbonyl (C=O) groups is 1. The van der Waals surface area contributed by atoms with Gasteiger partial charge in [-0.1, -0.05) is 18.2 Å². The Hall–Kier alpha value is -1.11. The van der Waals surface area contributed by atoms with Crippen molar-refractivity contribution in [2.75, 3.05) is 13.1 Å². The Balaban J connectivity index is 0.00000144. The predicted molar refractivity (Wildman–Crippen MR) is 65.4 cm³/mol. The molecule has 1 aromatic carbocycles. The zero-order valence-electron chi connectivity index (χ0n) is 8.92. The van der Waals surface area contributed by atoms with Gasteiger partial charge in [-0.05, 0) is 12.1 Å². The molecule has 7 heteroatoms. The van der Waals surface area contributed by atoms with Crippen LogP contribution in [0.5, 0.6) is 0 Å². The molecule has 17 heavy (non-hydrogen) atoms. The molecule has 1 heterocycles. The van der Waals surface area contributed by atoms with E-state index in [-0.39, 0.29) is 23.2 Å². The van der Waals surface area contributed by atoms with Gasteiger partial charge in [-0.15, -0.1) is 12.4 Å². The van der Waals surface area contributed by atoms with E-state index in [1.165, 1.54) is 12.1 Å². The van der Waals surface area contributed by atoms with Gasteiger partial charge in [0.2, 0.25) is 5.91 Å². The van der Waals surface area contributed by atoms with Crippen LogP contribution < -0.4 is 10.0 Å². The van der Waals surface area contributed by atoms with Crippen molar-refractivity contribution in [3.63, 3.8) is 0 Å². The minimum atomic E-state index is -3.71. The lowest BCUT2D eigenvalue weighted by Crippen LogP contribution is -2.51. The Kier molecular flexibility index (Phi) is 4.50. The zero-order chi connectivity index (χ0) is 11.6. The van der Waals surface area contributed by atoms with Crippen molar-refractivity contribution in [2.24, 2.45) is 5.92 Å². The first-order chi connectivity index (χ1) is 7.59. The number of hydrogen-bond acceptors (Lipinski definition) is 4. The lowest BCUT2D eigenvalue weighted by molar-refractivity contribution is -0.124. The highest BCUT2D eigenvalue weighted by atomic mass is 35.5. The molecule has 0 bridgehead atoms. The van der Waals surface area contributed by atoms with Gasteiger partial charge in [-0.2, -0.15) is 0 Å². The molecule has 5 nitrogen and oxygen atoms in total. The van der Waals surface area contributed by atoms with Gasteiger partial charge in [0.25, 0.3) is 10.0 Å². The predicted octanol–water partition coefficient (Wildman–Crippen LogP) is 0.133. The maximum Gasteiger partial charge on any atom is 0.264 e. The van der Waals surface area contributed by atoms with Crippen molar-refractivity contribution >= 4 is 28.3 Å². The molecule has 1 aliphatic heterocycles. The van der Waals surface area contributed by atoms with E-state index >= 15 is 0 Å². The van der Waals surface area contributed by atoms with Crippen LogP contribution in [0.4, 0.5) is 0 Å². The highest BCUT2D eigenvalue weighted by Gasteiger charge is 2.28. The summed E-state index contributed by atoms with van der Waals surface area (Å²) in [5.41, 5.74) is 0. The van der Waals surface area contributed by atoms with Crippen molar-refractivity contribution in [1.82, 2.24) is 10.0 Å². The summed E-state index contributed by atoms with van der Waals surface area (Å²) in [5.74, 6) is -0.680. The van der Waals surface area contributed by atoms with E-state index in [2.05, 4.69) is 10.0 Å². The second-order valence-corrected chi connectivity index (χ2v) is 5.32. The van der Waals surface area contributed by atoms with Crippen LogP contribution in [0.1, 0.15) is 0 Å². The fourth-order valence-corrected chi connectivity index (χ4v) is 2.41. The number of hydrogen-bond donors (Lipinski definition) is 2. The Morgan fingerprint density at radius 3 is 2.29 bits per heavy atom. The molecule has 1 saturated heterocycles. The van der Waals surface area contributed by atoms with E-state index in [1.807, 2.05) is 0 Å². The van der Waals surface area contributed by atoms with Crippen molar-refractivity contribution < 1.29 is 13.2 Å². The zero-order valence-corrected chi connectivity index (χ0v) is 10.6. The Bertz CT molecular complexity index is 486. The van der Waals surface area contributed by atoms with Crippen molar-refractivity contribution in [3.05, 3.63) is 30.3 Å². The summed E-state index contributed by atoms with van der Waals surface area (Å²) in [6.07, 6.45) is 0. The third kappa shape index (κ3) is 3.18. The second-order valence-electron chi connectivity index (χ2n) is 3.64. The Labute approximate surface area is 106 Å². The fraction of sp³-hybridized carbons (Fsp3) is 0.300. The van der Waals surface area contributed by atoms with Crippen LogP contribution in [0.25, 0.3) is 0 Å². The van der Waals surface area contributed by atoms with Gasteiger partial charge in [0.05, 0.1) is 10.8 Å². The van der Waals surface area contributed by atoms with Crippen LogP contribution in [0.2, 0.25) is 0 Å². The third-order valence-corrected chi connectivity index (χ3v) is 3.80. The SMILES string of the molecule is Cl.O=C(NS(=O)(=O)c1ccccc1)C1CNC1. The van der Waals surface area contributed by atoms with E-state index in [0.717, 1.165) is 0 Å². The average molecular weight is 277 g/mol. The first-order valence-electron chi connectivity index (χ1n) is 4.92. The van der Waals surface area contributed by atoms with Gasteiger partial charge in [0.15, 0.2) is 0 Å². The van der Waals surface area contributed by atoms with E-state index in [4.69, 9.17) is 0 Å². The molecule has 0 spiro atoms. The fourth-order valence-electron chi connectivity index (χ4n) is 1.35. The Morgan fingerprint density at radius 1 is 1.24 bits per heavy atom. The molecule has 1 aliphatic rings. The number of carbonyl (C=O) groups excluding carboxylic acids is 1. The number of sulfonamides is 1. The summed E-state index contributed by atoms with van der Waals surface area (Å²) in [5, 5.41) is 2.91. The molecule has 1 amide bonds. The largest absolute Gasteiger partial charge is 0.315 e. The molecule has 0 unspecified atom stereocenters. The molecule has 2 N–H and O–H groups in total. The van der Waals surface area contributed by atoms with Crippen molar-refractivity contribution in [2.45, 2.75) is 4.90 Å². The van der Waals surface area contributed by atoms with Crippen LogP contribution in [-0.2, 0) is 14.8 Å². The summed E-state index contributed by atoms with van der Waals surface area (Å²) in [6, 6.07) is 7.86. The summed E-state index contributed by atoms with van der Waals surface area (Å²) in [6.45, 7) is 1.08. The van der Waals surface area contributed by atoms with Gasteiger partial charge in [-0.3, -0.25) is 4.79 Å². The number of benzene rings is 1. The van der Waals surface area contributed by atoms with Gasteiger partial charge < -0.3 is 5.32 Å². The summed E-state index contributed by atoms with van der Waals surface area (Å²) < 4.78 is 25.5. The van der Waals surface area contributed by atoms with E-state index in [1.54, 1.807) is 18.2 Å². The molecule has 0 atom stereocenters. The van der Waals surface area contributed by atoms with Crippen LogP contribution in [0.15, 0.2) is 35.2 Å². The van der Waals surface area contributed by atoms with Gasteiger partial charge >= 0.3 is 0 Å². The smallest absolute Gasteiger partial charge is 0.264 e. The lowest BCUT2D eigenvalue weighted by atomic mass is 10.0. The first-order valence-corrected chi connectivity index (χ1v) is 6.40. The third-order valence-electron chi connectivity index (χ3n) is 2.44. The standard InChI is InChI=1S/C10H12N2O3S.ClH/c13-10(8-6-11-7-8)12-16(14,15)9-4-2-1-3-5-9;/h1-5,8,11H,6-7H2,(H,12,13);1H. The topological polar surface area (TPSA) is 75.3 Å². The van der Waals surface area contributed by atoms with Gasteiger partial charge in [0, 0.05) is 13.1 Å². The van der Waals surface area contributed by atoms with Crippen LogP contribution in [0, 0.1) is 5.92 Å². The molecule has 0 aromatic heterocycles. The number of rotatable bonds is 3. The van der Waals surface area contributed by atoms with Crippen LogP contribution in [0.3, 0.4) is 0 Å². The second kappa shape index (κ2) is 5.48. The first kappa shape index (κ1) is 14.0. The van der Waals surface area contributed by atoms with Gasteiger partial charge in [-0.25, -0.2) is 13.1 Å². The number of halogens is 1. The molecule has 0 aliphatic carbocycles. The minimum Gasteiger partial charge on any atom is -0.315 e. The van der Waals surface area contributed by atoms with E-state index in [0.29, 0.717) is 13.1 Å². The molecule has 94 valence electrons. The molecular weight excluding hydrogens is 264 g/mol. The van der Waals surface area contributed by atoms with Crippen LogP contribution in [-0.4, -0.2) is 27.4 Å². The number of nitrogens with one attached hydrogen (secondary N) is 2. The normalized spacial score (nSPS) is 15.5.